The molecule has 8 heteroatoms. The molecule has 0 unspecified atom stereocenters. The van der Waals surface area contributed by atoms with E-state index < -0.39 is 0 Å². The Morgan fingerprint density at radius 2 is 2.12 bits per heavy atom. The highest BCUT2D eigenvalue weighted by molar-refractivity contribution is 7.80. The summed E-state index contributed by atoms with van der Waals surface area (Å²) >= 11 is 11.4. The van der Waals surface area contributed by atoms with E-state index in [0.717, 1.165) is 38.3 Å². The zero-order chi connectivity index (χ0) is 18.9. The zero-order valence-corrected chi connectivity index (χ0v) is 16.7. The summed E-state index contributed by atoms with van der Waals surface area (Å²) in [7, 11) is 0. The number of aromatic nitrogens is 2. The van der Waals surface area contributed by atoms with Crippen LogP contribution >= 0.6 is 23.8 Å². The van der Waals surface area contributed by atoms with Gasteiger partial charge in [0.05, 0.1) is 18.4 Å². The number of anilines is 1. The van der Waals surface area contributed by atoms with Gasteiger partial charge in [-0.2, -0.15) is 5.10 Å². The first-order valence-corrected chi connectivity index (χ1v) is 9.54. The van der Waals surface area contributed by atoms with Crippen LogP contribution in [0.3, 0.4) is 0 Å². The molecule has 0 amide bonds. The molecule has 2 rings (SSSR count). The van der Waals surface area contributed by atoms with Crippen molar-refractivity contribution in [2.45, 2.75) is 26.8 Å². The van der Waals surface area contributed by atoms with Gasteiger partial charge in [0.1, 0.15) is 5.82 Å². The van der Waals surface area contributed by atoms with E-state index in [1.54, 1.807) is 29.2 Å². The minimum absolute atomic E-state index is 0.261. The van der Waals surface area contributed by atoms with Crippen molar-refractivity contribution < 1.29 is 4.39 Å². The highest BCUT2D eigenvalue weighted by atomic mass is 35.5. The minimum atomic E-state index is -0.340. The van der Waals surface area contributed by atoms with Crippen molar-refractivity contribution in [2.75, 3.05) is 31.5 Å². The summed E-state index contributed by atoms with van der Waals surface area (Å²) < 4.78 is 15.5. The van der Waals surface area contributed by atoms with Crippen molar-refractivity contribution >= 4 is 34.6 Å². The molecule has 1 aromatic carbocycles. The summed E-state index contributed by atoms with van der Waals surface area (Å²) in [5.41, 5.74) is 1.17. The number of hydrogen-bond acceptors (Lipinski definition) is 3. The van der Waals surface area contributed by atoms with Gasteiger partial charge < -0.3 is 15.5 Å². The molecule has 0 saturated heterocycles. The van der Waals surface area contributed by atoms with Crippen molar-refractivity contribution in [3.8, 4) is 0 Å². The van der Waals surface area contributed by atoms with Gasteiger partial charge in [0, 0.05) is 23.3 Å². The second-order valence-corrected chi connectivity index (χ2v) is 6.70. The Kier molecular flexibility index (Phi) is 8.28. The van der Waals surface area contributed by atoms with Gasteiger partial charge in [-0.25, -0.2) is 4.39 Å². The predicted octanol–water partition coefficient (Wildman–Crippen LogP) is 3.74. The van der Waals surface area contributed by atoms with E-state index in [9.17, 15) is 4.39 Å². The fraction of sp³-hybridized carbons (Fsp3) is 0.444. The second kappa shape index (κ2) is 10.4. The molecule has 0 spiro atoms. The molecule has 1 heterocycles. The lowest BCUT2D eigenvalue weighted by Gasteiger charge is -2.18. The van der Waals surface area contributed by atoms with Gasteiger partial charge >= 0.3 is 0 Å². The van der Waals surface area contributed by atoms with Crippen molar-refractivity contribution in [3.63, 3.8) is 0 Å². The maximum absolute atomic E-state index is 13.9. The van der Waals surface area contributed by atoms with Crippen LogP contribution in [-0.4, -0.2) is 46.0 Å². The van der Waals surface area contributed by atoms with Gasteiger partial charge in [-0.3, -0.25) is 4.68 Å². The quantitative estimate of drug-likeness (QED) is 0.498. The van der Waals surface area contributed by atoms with Crippen LogP contribution < -0.4 is 10.6 Å². The Labute approximate surface area is 164 Å². The van der Waals surface area contributed by atoms with Crippen molar-refractivity contribution in [1.29, 1.82) is 0 Å². The molecule has 26 heavy (non-hydrogen) atoms. The van der Waals surface area contributed by atoms with Crippen LogP contribution in [0.2, 0.25) is 5.02 Å². The van der Waals surface area contributed by atoms with Gasteiger partial charge in [-0.15, -0.1) is 0 Å². The Balaban J connectivity index is 1.80. The standard InChI is InChI=1S/C18H25ClFN5S/c1-3-24(4-2)10-6-9-21-18(26)23-14-11-22-25(12-14)13-15-16(19)7-5-8-17(15)20/h5,7-8,11-12H,3-4,6,9-10,13H2,1-2H3,(H2,21,23,26). The summed E-state index contributed by atoms with van der Waals surface area (Å²) in [6.45, 7) is 8.56. The normalized spacial score (nSPS) is 11.0. The van der Waals surface area contributed by atoms with Crippen LogP contribution in [0.25, 0.3) is 0 Å². The Morgan fingerprint density at radius 1 is 1.35 bits per heavy atom. The molecule has 2 N–H and O–H groups in total. The third-order valence-corrected chi connectivity index (χ3v) is 4.70. The fourth-order valence-electron chi connectivity index (χ4n) is 2.58. The van der Waals surface area contributed by atoms with Crippen LogP contribution in [0.4, 0.5) is 10.1 Å². The molecule has 0 saturated carbocycles. The largest absolute Gasteiger partial charge is 0.362 e. The van der Waals surface area contributed by atoms with E-state index in [-0.39, 0.29) is 12.4 Å². The lowest BCUT2D eigenvalue weighted by Crippen LogP contribution is -2.32. The third-order valence-electron chi connectivity index (χ3n) is 4.10. The van der Waals surface area contributed by atoms with Crippen LogP contribution in [0.15, 0.2) is 30.6 Å². The molecule has 0 aliphatic rings. The summed E-state index contributed by atoms with van der Waals surface area (Å²) in [6.07, 6.45) is 4.44. The molecule has 0 aliphatic heterocycles. The summed E-state index contributed by atoms with van der Waals surface area (Å²) in [5, 5.41) is 11.4. The molecule has 0 radical (unpaired) electrons. The molecule has 0 aliphatic carbocycles. The lowest BCUT2D eigenvalue weighted by atomic mass is 10.2. The maximum atomic E-state index is 13.9. The topological polar surface area (TPSA) is 45.1 Å². The highest BCUT2D eigenvalue weighted by Crippen LogP contribution is 2.20. The summed E-state index contributed by atoms with van der Waals surface area (Å²) in [5.74, 6) is -0.340. The first kappa shape index (κ1) is 20.6. The van der Waals surface area contributed by atoms with Gasteiger partial charge in [-0.05, 0) is 50.4 Å². The van der Waals surface area contributed by atoms with E-state index in [1.807, 2.05) is 0 Å². The zero-order valence-electron chi connectivity index (χ0n) is 15.1. The Bertz CT molecular complexity index is 697. The number of thiocarbonyl (C=S) groups is 1. The molecule has 2 aromatic rings. The van der Waals surface area contributed by atoms with Gasteiger partial charge in [0.2, 0.25) is 0 Å². The number of halogens is 2. The van der Waals surface area contributed by atoms with Gasteiger partial charge in [0.25, 0.3) is 0 Å². The third kappa shape index (κ3) is 6.23. The van der Waals surface area contributed by atoms with E-state index >= 15 is 0 Å². The van der Waals surface area contributed by atoms with Gasteiger partial charge in [0.15, 0.2) is 5.11 Å². The summed E-state index contributed by atoms with van der Waals surface area (Å²) in [6, 6.07) is 4.64. The first-order valence-electron chi connectivity index (χ1n) is 8.76. The van der Waals surface area contributed by atoms with Crippen LogP contribution in [0.1, 0.15) is 25.8 Å². The number of rotatable bonds is 9. The molecule has 1 aromatic heterocycles. The first-order chi connectivity index (χ1) is 12.5. The van der Waals surface area contributed by atoms with E-state index in [0.29, 0.717) is 15.7 Å². The molecule has 0 atom stereocenters. The number of hydrogen-bond donors (Lipinski definition) is 2. The monoisotopic (exact) mass is 397 g/mol. The second-order valence-electron chi connectivity index (χ2n) is 5.89. The smallest absolute Gasteiger partial charge is 0.170 e. The van der Waals surface area contributed by atoms with E-state index in [4.69, 9.17) is 23.8 Å². The Hall–Kier alpha value is -1.70. The SMILES string of the molecule is CCN(CC)CCCNC(=S)Nc1cnn(Cc2c(F)cccc2Cl)c1. The average molecular weight is 398 g/mol. The molecular weight excluding hydrogens is 373 g/mol. The number of nitrogens with zero attached hydrogens (tertiary/aromatic N) is 3. The van der Waals surface area contributed by atoms with Crippen molar-refractivity contribution in [2.24, 2.45) is 0 Å². The average Bonchev–Trinajstić information content (AvgIpc) is 3.05. The fourth-order valence-corrected chi connectivity index (χ4v) is 3.02. The van der Waals surface area contributed by atoms with Crippen LogP contribution in [-0.2, 0) is 6.54 Å². The highest BCUT2D eigenvalue weighted by Gasteiger charge is 2.09. The van der Waals surface area contributed by atoms with Crippen molar-refractivity contribution in [1.82, 2.24) is 20.0 Å². The van der Waals surface area contributed by atoms with Gasteiger partial charge in [-0.1, -0.05) is 31.5 Å². The van der Waals surface area contributed by atoms with Crippen LogP contribution in [0.5, 0.6) is 0 Å². The number of benzene rings is 1. The summed E-state index contributed by atoms with van der Waals surface area (Å²) in [4.78, 5) is 2.37. The van der Waals surface area contributed by atoms with Crippen molar-refractivity contribution in [3.05, 3.63) is 47.0 Å². The predicted molar refractivity (Wildman–Crippen MR) is 109 cm³/mol. The van der Waals surface area contributed by atoms with Crippen LogP contribution in [0, 0.1) is 5.82 Å². The Morgan fingerprint density at radius 3 is 2.81 bits per heavy atom. The molecule has 5 nitrogen and oxygen atoms in total. The number of nitrogens with one attached hydrogen (secondary N) is 2. The van der Waals surface area contributed by atoms with E-state index in [2.05, 4.69) is 34.5 Å². The molecular formula is C18H25ClFN5S. The molecule has 142 valence electrons. The molecule has 0 bridgehead atoms. The maximum Gasteiger partial charge on any atom is 0.170 e. The molecule has 0 fully saturated rings. The minimum Gasteiger partial charge on any atom is -0.362 e. The lowest BCUT2D eigenvalue weighted by molar-refractivity contribution is 0.300. The van der Waals surface area contributed by atoms with E-state index in [1.165, 1.54) is 6.07 Å².